The van der Waals surface area contributed by atoms with Crippen LogP contribution in [-0.4, -0.2) is 22.0 Å². The van der Waals surface area contributed by atoms with Gasteiger partial charge >= 0.3 is 0 Å². The Labute approximate surface area is 117 Å². The first-order chi connectivity index (χ1) is 9.63. The van der Waals surface area contributed by atoms with Crippen LogP contribution in [0.15, 0.2) is 29.1 Å². The fraction of sp³-hybridized carbons (Fsp3) is 0.400. The highest BCUT2D eigenvalue weighted by molar-refractivity contribution is 5.79. The number of hydrogen-bond acceptors (Lipinski definition) is 3. The van der Waals surface area contributed by atoms with Crippen LogP contribution in [0, 0.1) is 6.92 Å². The number of amides is 1. The van der Waals surface area contributed by atoms with E-state index in [-0.39, 0.29) is 18.0 Å². The SMILES string of the molecule is CCCCNC(=O)Cn1c(C)nc2ccccc2c1=O. The fourth-order valence-corrected chi connectivity index (χ4v) is 2.07. The molecule has 5 nitrogen and oxygen atoms in total. The van der Waals surface area contributed by atoms with Gasteiger partial charge in [0.05, 0.1) is 10.9 Å². The highest BCUT2D eigenvalue weighted by Gasteiger charge is 2.10. The van der Waals surface area contributed by atoms with Gasteiger partial charge in [0.15, 0.2) is 0 Å². The van der Waals surface area contributed by atoms with Gasteiger partial charge in [-0.1, -0.05) is 25.5 Å². The minimum Gasteiger partial charge on any atom is -0.355 e. The number of nitrogens with zero attached hydrogens (tertiary/aromatic N) is 2. The zero-order valence-electron chi connectivity index (χ0n) is 11.8. The Balaban J connectivity index is 2.26. The van der Waals surface area contributed by atoms with E-state index in [4.69, 9.17) is 0 Å². The van der Waals surface area contributed by atoms with Gasteiger partial charge in [0.1, 0.15) is 12.4 Å². The molecule has 5 heteroatoms. The van der Waals surface area contributed by atoms with Crippen LogP contribution in [0.3, 0.4) is 0 Å². The Morgan fingerprint density at radius 3 is 2.85 bits per heavy atom. The summed E-state index contributed by atoms with van der Waals surface area (Å²) in [5.74, 6) is 0.403. The number of nitrogens with one attached hydrogen (secondary N) is 1. The van der Waals surface area contributed by atoms with Gasteiger partial charge in [-0.15, -0.1) is 0 Å². The Bertz CT molecular complexity index is 676. The number of fused-ring (bicyclic) bond motifs is 1. The second kappa shape index (κ2) is 6.32. The number of unbranched alkanes of at least 4 members (excludes halogenated alkanes) is 1. The second-order valence-corrected chi connectivity index (χ2v) is 4.77. The number of hydrogen-bond donors (Lipinski definition) is 1. The largest absolute Gasteiger partial charge is 0.355 e. The molecule has 1 aromatic heterocycles. The predicted molar refractivity (Wildman–Crippen MR) is 78.7 cm³/mol. The van der Waals surface area contributed by atoms with Crippen LogP contribution < -0.4 is 10.9 Å². The zero-order valence-corrected chi connectivity index (χ0v) is 11.8. The average Bonchev–Trinajstić information content (AvgIpc) is 2.44. The second-order valence-electron chi connectivity index (χ2n) is 4.77. The molecule has 2 rings (SSSR count). The van der Waals surface area contributed by atoms with Gasteiger partial charge < -0.3 is 5.32 Å². The smallest absolute Gasteiger partial charge is 0.261 e. The monoisotopic (exact) mass is 273 g/mol. The van der Waals surface area contributed by atoms with E-state index in [1.165, 1.54) is 4.57 Å². The number of para-hydroxylation sites is 1. The lowest BCUT2D eigenvalue weighted by Crippen LogP contribution is -2.34. The molecule has 0 atom stereocenters. The van der Waals surface area contributed by atoms with Gasteiger partial charge in [0.2, 0.25) is 5.91 Å². The molecule has 20 heavy (non-hydrogen) atoms. The van der Waals surface area contributed by atoms with Crippen molar-refractivity contribution in [2.75, 3.05) is 6.54 Å². The molecule has 1 heterocycles. The molecular formula is C15H19N3O2. The first-order valence-electron chi connectivity index (χ1n) is 6.86. The molecule has 106 valence electrons. The van der Waals surface area contributed by atoms with E-state index in [0.29, 0.717) is 23.3 Å². The van der Waals surface area contributed by atoms with Crippen molar-refractivity contribution in [3.63, 3.8) is 0 Å². The van der Waals surface area contributed by atoms with Gasteiger partial charge in [0, 0.05) is 6.54 Å². The molecule has 2 aromatic rings. The highest BCUT2D eigenvalue weighted by atomic mass is 16.2. The van der Waals surface area contributed by atoms with Crippen LogP contribution >= 0.6 is 0 Å². The number of rotatable bonds is 5. The van der Waals surface area contributed by atoms with Gasteiger partial charge in [-0.25, -0.2) is 4.98 Å². The predicted octanol–water partition coefficient (Wildman–Crippen LogP) is 1.62. The van der Waals surface area contributed by atoms with E-state index in [2.05, 4.69) is 17.2 Å². The van der Waals surface area contributed by atoms with E-state index >= 15 is 0 Å². The van der Waals surface area contributed by atoms with Crippen molar-refractivity contribution < 1.29 is 4.79 Å². The number of carbonyl (C=O) groups excluding carboxylic acids is 1. The van der Waals surface area contributed by atoms with Gasteiger partial charge in [-0.05, 0) is 25.5 Å². The number of benzene rings is 1. The van der Waals surface area contributed by atoms with E-state index in [0.717, 1.165) is 12.8 Å². The molecule has 1 aromatic carbocycles. The van der Waals surface area contributed by atoms with Crippen LogP contribution in [0.2, 0.25) is 0 Å². The van der Waals surface area contributed by atoms with Crippen LogP contribution in [0.25, 0.3) is 10.9 Å². The summed E-state index contributed by atoms with van der Waals surface area (Å²) in [6.45, 7) is 4.47. The average molecular weight is 273 g/mol. The summed E-state index contributed by atoms with van der Waals surface area (Å²) in [6.07, 6.45) is 1.96. The standard InChI is InChI=1S/C15H19N3O2/c1-3-4-9-16-14(19)10-18-11(2)17-13-8-6-5-7-12(13)15(18)20/h5-8H,3-4,9-10H2,1-2H3,(H,16,19). The molecule has 0 aliphatic heterocycles. The van der Waals surface area contributed by atoms with Gasteiger partial charge in [0.25, 0.3) is 5.56 Å². The maximum absolute atomic E-state index is 12.4. The van der Waals surface area contributed by atoms with Crippen molar-refractivity contribution in [1.29, 1.82) is 0 Å². The molecule has 0 fully saturated rings. The molecule has 0 saturated carbocycles. The van der Waals surface area contributed by atoms with E-state index in [1.807, 2.05) is 6.07 Å². The molecule has 1 amide bonds. The molecule has 0 bridgehead atoms. The van der Waals surface area contributed by atoms with Crippen molar-refractivity contribution in [1.82, 2.24) is 14.9 Å². The molecule has 0 unspecified atom stereocenters. The van der Waals surface area contributed by atoms with Crippen molar-refractivity contribution in [3.05, 3.63) is 40.4 Å². The molecule has 0 aliphatic carbocycles. The summed E-state index contributed by atoms with van der Waals surface area (Å²) >= 11 is 0. The summed E-state index contributed by atoms with van der Waals surface area (Å²) in [6, 6.07) is 7.17. The third kappa shape index (κ3) is 3.04. The topological polar surface area (TPSA) is 64.0 Å². The summed E-state index contributed by atoms with van der Waals surface area (Å²) in [4.78, 5) is 28.6. The fourth-order valence-electron chi connectivity index (χ4n) is 2.07. The minimum absolute atomic E-state index is 0.0201. The first-order valence-corrected chi connectivity index (χ1v) is 6.86. The van der Waals surface area contributed by atoms with Crippen LogP contribution in [0.5, 0.6) is 0 Å². The maximum atomic E-state index is 12.4. The lowest BCUT2D eigenvalue weighted by Gasteiger charge is -2.10. The lowest BCUT2D eigenvalue weighted by atomic mass is 10.2. The normalized spacial score (nSPS) is 10.7. The van der Waals surface area contributed by atoms with E-state index in [9.17, 15) is 9.59 Å². The first kappa shape index (κ1) is 14.2. The quantitative estimate of drug-likeness (QED) is 0.842. The molecule has 0 spiro atoms. The maximum Gasteiger partial charge on any atom is 0.261 e. The molecule has 0 radical (unpaired) electrons. The lowest BCUT2D eigenvalue weighted by molar-refractivity contribution is -0.121. The molecule has 1 N–H and O–H groups in total. The Morgan fingerprint density at radius 1 is 1.35 bits per heavy atom. The Morgan fingerprint density at radius 2 is 2.10 bits per heavy atom. The Hall–Kier alpha value is -2.17. The van der Waals surface area contributed by atoms with Crippen LogP contribution in [0.1, 0.15) is 25.6 Å². The summed E-state index contributed by atoms with van der Waals surface area (Å²) < 4.78 is 1.42. The van der Waals surface area contributed by atoms with Crippen molar-refractivity contribution in [3.8, 4) is 0 Å². The number of carbonyl (C=O) groups is 1. The molecule has 0 saturated heterocycles. The molecule has 0 aliphatic rings. The zero-order chi connectivity index (χ0) is 14.5. The van der Waals surface area contributed by atoms with Gasteiger partial charge in [-0.2, -0.15) is 0 Å². The number of aryl methyl sites for hydroxylation is 1. The molecular weight excluding hydrogens is 254 g/mol. The summed E-state index contributed by atoms with van der Waals surface area (Å²) in [5, 5.41) is 3.35. The summed E-state index contributed by atoms with van der Waals surface area (Å²) in [7, 11) is 0. The van der Waals surface area contributed by atoms with Crippen molar-refractivity contribution >= 4 is 16.8 Å². The third-order valence-electron chi connectivity index (χ3n) is 3.21. The number of aromatic nitrogens is 2. The van der Waals surface area contributed by atoms with Crippen molar-refractivity contribution in [2.45, 2.75) is 33.2 Å². The van der Waals surface area contributed by atoms with E-state index in [1.54, 1.807) is 25.1 Å². The van der Waals surface area contributed by atoms with E-state index < -0.39 is 0 Å². The summed E-state index contributed by atoms with van der Waals surface area (Å²) in [5.41, 5.74) is 0.497. The van der Waals surface area contributed by atoms with Crippen LogP contribution in [-0.2, 0) is 11.3 Å². The third-order valence-corrected chi connectivity index (χ3v) is 3.21. The van der Waals surface area contributed by atoms with Gasteiger partial charge in [-0.3, -0.25) is 14.2 Å². The minimum atomic E-state index is -0.168. The highest BCUT2D eigenvalue weighted by Crippen LogP contribution is 2.07. The van der Waals surface area contributed by atoms with Crippen molar-refractivity contribution in [2.24, 2.45) is 0 Å². The van der Waals surface area contributed by atoms with Crippen LogP contribution in [0.4, 0.5) is 0 Å². The Kier molecular flexibility index (Phi) is 4.50.